The van der Waals surface area contributed by atoms with Crippen LogP contribution < -0.4 is 0 Å². The van der Waals surface area contributed by atoms with Gasteiger partial charge in [-0.2, -0.15) is 5.10 Å². The van der Waals surface area contributed by atoms with Crippen LogP contribution in [0.4, 0.5) is 0 Å². The summed E-state index contributed by atoms with van der Waals surface area (Å²) >= 11 is 0. The number of hydrogen-bond donors (Lipinski definition) is 1. The molecular formula is C19H24N4O. The fourth-order valence-corrected chi connectivity index (χ4v) is 4.21. The first-order chi connectivity index (χ1) is 11.8. The number of H-pyrrole nitrogens is 1. The third kappa shape index (κ3) is 2.83. The predicted octanol–water partition coefficient (Wildman–Crippen LogP) is 3.83. The Hall–Kier alpha value is -2.17. The molecule has 126 valence electrons. The Morgan fingerprint density at radius 2 is 2.00 bits per heavy atom. The summed E-state index contributed by atoms with van der Waals surface area (Å²) in [6.07, 6.45) is 11.7. The van der Waals surface area contributed by atoms with Crippen LogP contribution in [0.3, 0.4) is 0 Å². The number of pyridine rings is 1. The first-order valence-electron chi connectivity index (χ1n) is 9.10. The van der Waals surface area contributed by atoms with Crippen LogP contribution in [0.1, 0.15) is 78.7 Å². The molecule has 2 aromatic heterocycles. The van der Waals surface area contributed by atoms with Gasteiger partial charge in [0.1, 0.15) is 0 Å². The molecule has 0 unspecified atom stereocenters. The highest BCUT2D eigenvalue weighted by molar-refractivity contribution is 5.95. The molecule has 24 heavy (non-hydrogen) atoms. The molecule has 0 bridgehead atoms. The van der Waals surface area contributed by atoms with Crippen LogP contribution in [0.15, 0.2) is 30.6 Å². The Balaban J connectivity index is 1.58. The summed E-state index contributed by atoms with van der Waals surface area (Å²) in [6, 6.07) is 6.03. The minimum atomic E-state index is 0.0906. The topological polar surface area (TPSA) is 61.9 Å². The van der Waals surface area contributed by atoms with Crippen molar-refractivity contribution in [2.24, 2.45) is 0 Å². The number of hydrogen-bond acceptors (Lipinski definition) is 3. The molecule has 1 saturated heterocycles. The van der Waals surface area contributed by atoms with E-state index in [1.54, 1.807) is 6.20 Å². The maximum Gasteiger partial charge on any atom is 0.257 e. The maximum absolute atomic E-state index is 13.2. The minimum absolute atomic E-state index is 0.0906. The van der Waals surface area contributed by atoms with Gasteiger partial charge in [0.2, 0.25) is 0 Å². The fourth-order valence-electron chi connectivity index (χ4n) is 4.21. The first kappa shape index (κ1) is 15.4. The van der Waals surface area contributed by atoms with Crippen molar-refractivity contribution in [3.8, 4) is 0 Å². The van der Waals surface area contributed by atoms with Gasteiger partial charge < -0.3 is 4.90 Å². The molecule has 2 aromatic rings. The Labute approximate surface area is 142 Å². The normalized spacial score (nSPS) is 22.0. The van der Waals surface area contributed by atoms with Crippen molar-refractivity contribution >= 4 is 5.91 Å². The summed E-state index contributed by atoms with van der Waals surface area (Å²) in [5.41, 5.74) is 2.81. The van der Waals surface area contributed by atoms with E-state index in [1.807, 2.05) is 29.3 Å². The minimum Gasteiger partial charge on any atom is -0.330 e. The number of aromatic amines is 1. The Bertz CT molecular complexity index is 690. The van der Waals surface area contributed by atoms with Crippen molar-refractivity contribution in [1.29, 1.82) is 0 Å². The Morgan fingerprint density at radius 3 is 2.79 bits per heavy atom. The lowest BCUT2D eigenvalue weighted by molar-refractivity contribution is 0.0731. The molecular weight excluding hydrogens is 300 g/mol. The van der Waals surface area contributed by atoms with E-state index in [2.05, 4.69) is 15.2 Å². The van der Waals surface area contributed by atoms with Gasteiger partial charge in [-0.05, 0) is 37.8 Å². The van der Waals surface area contributed by atoms with Crippen LogP contribution >= 0.6 is 0 Å². The first-order valence-corrected chi connectivity index (χ1v) is 9.10. The molecule has 0 aromatic carbocycles. The molecule has 2 fully saturated rings. The second-order valence-electron chi connectivity index (χ2n) is 6.94. The zero-order chi connectivity index (χ0) is 16.4. The molecule has 5 heteroatoms. The Morgan fingerprint density at radius 1 is 1.12 bits per heavy atom. The molecule has 3 heterocycles. The number of likely N-dealkylation sites (tertiary alicyclic amines) is 1. The van der Waals surface area contributed by atoms with E-state index in [-0.39, 0.29) is 11.9 Å². The number of aromatic nitrogens is 3. The monoisotopic (exact) mass is 324 g/mol. The summed E-state index contributed by atoms with van der Waals surface area (Å²) in [5.74, 6) is 0.563. The standard InChI is InChI=1S/C19H24N4O/c24-19(15-13-21-22-18(15)14-7-2-1-3-8-14)23-12-6-10-17(23)16-9-4-5-11-20-16/h4-5,9,11,13-14,17H,1-3,6-8,10,12H2,(H,21,22)/t17-/m0/s1. The lowest BCUT2D eigenvalue weighted by Gasteiger charge is -2.26. The van der Waals surface area contributed by atoms with Crippen molar-refractivity contribution in [2.75, 3.05) is 6.54 Å². The molecule has 0 radical (unpaired) electrons. The summed E-state index contributed by atoms with van der Waals surface area (Å²) in [7, 11) is 0. The molecule has 1 atom stereocenters. The molecule has 2 aliphatic rings. The molecule has 1 N–H and O–H groups in total. The molecule has 1 aliphatic carbocycles. The lowest BCUT2D eigenvalue weighted by atomic mass is 9.85. The third-order valence-corrected chi connectivity index (χ3v) is 5.46. The zero-order valence-electron chi connectivity index (χ0n) is 13.9. The quantitative estimate of drug-likeness (QED) is 0.933. The highest BCUT2D eigenvalue weighted by Crippen LogP contribution is 2.36. The third-order valence-electron chi connectivity index (χ3n) is 5.46. The number of carbonyl (C=O) groups is 1. The van der Waals surface area contributed by atoms with E-state index in [4.69, 9.17) is 0 Å². The number of amides is 1. The lowest BCUT2D eigenvalue weighted by Crippen LogP contribution is -2.31. The summed E-state index contributed by atoms with van der Waals surface area (Å²) in [4.78, 5) is 19.6. The largest absolute Gasteiger partial charge is 0.330 e. The predicted molar refractivity (Wildman–Crippen MR) is 91.7 cm³/mol. The van der Waals surface area contributed by atoms with E-state index in [0.717, 1.165) is 49.2 Å². The average molecular weight is 324 g/mol. The molecule has 4 rings (SSSR count). The van der Waals surface area contributed by atoms with Crippen molar-refractivity contribution in [3.05, 3.63) is 47.5 Å². The van der Waals surface area contributed by atoms with Gasteiger partial charge in [-0.1, -0.05) is 25.3 Å². The van der Waals surface area contributed by atoms with E-state index in [9.17, 15) is 4.79 Å². The van der Waals surface area contributed by atoms with Crippen molar-refractivity contribution in [3.63, 3.8) is 0 Å². The number of nitrogens with zero attached hydrogens (tertiary/aromatic N) is 3. The molecule has 5 nitrogen and oxygen atoms in total. The zero-order valence-corrected chi connectivity index (χ0v) is 13.9. The van der Waals surface area contributed by atoms with Crippen LogP contribution in [-0.2, 0) is 0 Å². The van der Waals surface area contributed by atoms with Gasteiger partial charge in [-0.25, -0.2) is 0 Å². The molecule has 0 spiro atoms. The van der Waals surface area contributed by atoms with Crippen LogP contribution in [0.25, 0.3) is 0 Å². The molecule has 1 aliphatic heterocycles. The van der Waals surface area contributed by atoms with Gasteiger partial charge in [0.05, 0.1) is 29.2 Å². The van der Waals surface area contributed by atoms with E-state index in [1.165, 1.54) is 19.3 Å². The van der Waals surface area contributed by atoms with Crippen LogP contribution in [0.5, 0.6) is 0 Å². The highest BCUT2D eigenvalue weighted by Gasteiger charge is 2.34. The van der Waals surface area contributed by atoms with E-state index < -0.39 is 0 Å². The van der Waals surface area contributed by atoms with Gasteiger partial charge in [-0.3, -0.25) is 14.9 Å². The molecule has 1 saturated carbocycles. The van der Waals surface area contributed by atoms with Crippen LogP contribution in [0, 0.1) is 0 Å². The van der Waals surface area contributed by atoms with Gasteiger partial charge in [-0.15, -0.1) is 0 Å². The second-order valence-corrected chi connectivity index (χ2v) is 6.94. The van der Waals surface area contributed by atoms with Crippen molar-refractivity contribution in [2.45, 2.75) is 56.9 Å². The van der Waals surface area contributed by atoms with Gasteiger partial charge >= 0.3 is 0 Å². The van der Waals surface area contributed by atoms with E-state index >= 15 is 0 Å². The maximum atomic E-state index is 13.2. The van der Waals surface area contributed by atoms with Gasteiger partial charge in [0, 0.05) is 18.7 Å². The van der Waals surface area contributed by atoms with E-state index in [0.29, 0.717) is 5.92 Å². The summed E-state index contributed by atoms with van der Waals surface area (Å²) < 4.78 is 0. The average Bonchev–Trinajstić information content (AvgIpc) is 3.32. The number of rotatable bonds is 3. The molecule has 1 amide bonds. The second kappa shape index (κ2) is 6.75. The van der Waals surface area contributed by atoms with Gasteiger partial charge in [0.25, 0.3) is 5.91 Å². The highest BCUT2D eigenvalue weighted by atomic mass is 16.2. The Kier molecular flexibility index (Phi) is 4.32. The summed E-state index contributed by atoms with van der Waals surface area (Å²) in [6.45, 7) is 0.801. The van der Waals surface area contributed by atoms with Crippen LogP contribution in [-0.4, -0.2) is 32.5 Å². The van der Waals surface area contributed by atoms with Crippen LogP contribution in [0.2, 0.25) is 0 Å². The smallest absolute Gasteiger partial charge is 0.257 e. The summed E-state index contributed by atoms with van der Waals surface area (Å²) in [5, 5.41) is 7.32. The fraction of sp³-hybridized carbons (Fsp3) is 0.526. The van der Waals surface area contributed by atoms with Crippen molar-refractivity contribution in [1.82, 2.24) is 20.1 Å². The SMILES string of the molecule is O=C(c1cn[nH]c1C1CCCCC1)N1CCC[C@H]1c1ccccn1. The number of carbonyl (C=O) groups excluding carboxylic acids is 1. The van der Waals surface area contributed by atoms with Gasteiger partial charge in [0.15, 0.2) is 0 Å². The number of nitrogens with one attached hydrogen (secondary N) is 1. The van der Waals surface area contributed by atoms with Crippen molar-refractivity contribution < 1.29 is 4.79 Å².